The minimum atomic E-state index is -0.272. The van der Waals surface area contributed by atoms with Gasteiger partial charge in [0.2, 0.25) is 0 Å². The summed E-state index contributed by atoms with van der Waals surface area (Å²) in [5.74, 6) is -0.748. The summed E-state index contributed by atoms with van der Waals surface area (Å²) in [7, 11) is 0. The molecule has 0 saturated heterocycles. The molecule has 0 radical (unpaired) electrons. The molecule has 174 valence electrons. The molecule has 0 fully saturated rings. The molecule has 0 bridgehead atoms. The molecule has 3 N–H and O–H groups in total. The number of aryl methyl sites for hydroxylation is 1. The Labute approximate surface area is 203 Å². The van der Waals surface area contributed by atoms with Crippen LogP contribution in [0.3, 0.4) is 0 Å². The normalized spacial score (nSPS) is 10.3. The number of nitrogens with one attached hydrogen (secondary N) is 3. The molecule has 35 heavy (non-hydrogen) atoms. The summed E-state index contributed by atoms with van der Waals surface area (Å²) in [6.45, 7) is 2.14. The van der Waals surface area contributed by atoms with Gasteiger partial charge in [-0.25, -0.2) is 0 Å². The van der Waals surface area contributed by atoms with E-state index in [1.807, 2.05) is 25.1 Å². The first-order valence-corrected chi connectivity index (χ1v) is 11.0. The van der Waals surface area contributed by atoms with Gasteiger partial charge in [-0.05, 0) is 66.6 Å². The number of benzene rings is 3. The van der Waals surface area contributed by atoms with Crippen molar-refractivity contribution in [3.05, 3.63) is 125 Å². The second kappa shape index (κ2) is 10.9. The van der Waals surface area contributed by atoms with Crippen LogP contribution in [0.2, 0.25) is 0 Å². The third-order valence-corrected chi connectivity index (χ3v) is 5.36. The third-order valence-electron chi connectivity index (χ3n) is 5.36. The topological polar surface area (TPSA) is 100 Å². The number of pyridine rings is 1. The summed E-state index contributed by atoms with van der Waals surface area (Å²) in [4.78, 5) is 41.6. The van der Waals surface area contributed by atoms with E-state index in [1.165, 1.54) is 0 Å². The zero-order chi connectivity index (χ0) is 24.6. The predicted octanol–water partition coefficient (Wildman–Crippen LogP) is 4.82. The largest absolute Gasteiger partial charge is 0.348 e. The second-order valence-electron chi connectivity index (χ2n) is 7.92. The van der Waals surface area contributed by atoms with Crippen LogP contribution in [0.4, 0.5) is 11.4 Å². The zero-order valence-electron chi connectivity index (χ0n) is 19.1. The highest BCUT2D eigenvalue weighted by Crippen LogP contribution is 2.19. The van der Waals surface area contributed by atoms with Gasteiger partial charge in [0.15, 0.2) is 0 Å². The van der Waals surface area contributed by atoms with Gasteiger partial charge >= 0.3 is 0 Å². The molecule has 0 spiro atoms. The maximum absolute atomic E-state index is 12.8. The van der Waals surface area contributed by atoms with Gasteiger partial charge in [0.05, 0.1) is 0 Å². The Hall–Kier alpha value is -4.78. The Kier molecular flexibility index (Phi) is 7.28. The lowest BCUT2D eigenvalue weighted by atomic mass is 10.1. The van der Waals surface area contributed by atoms with E-state index in [9.17, 15) is 14.4 Å². The lowest BCUT2D eigenvalue weighted by molar-refractivity contribution is 0.0948. The van der Waals surface area contributed by atoms with Gasteiger partial charge in [-0.15, -0.1) is 0 Å². The average molecular weight is 465 g/mol. The minimum Gasteiger partial charge on any atom is -0.348 e. The van der Waals surface area contributed by atoms with Crippen molar-refractivity contribution < 1.29 is 14.4 Å². The van der Waals surface area contributed by atoms with Crippen molar-refractivity contribution in [2.75, 3.05) is 10.6 Å². The van der Waals surface area contributed by atoms with Gasteiger partial charge in [-0.1, -0.05) is 36.4 Å². The minimum absolute atomic E-state index is 0.238. The molecule has 0 saturated carbocycles. The van der Waals surface area contributed by atoms with E-state index >= 15 is 0 Å². The van der Waals surface area contributed by atoms with Crippen LogP contribution < -0.4 is 16.0 Å². The molecule has 3 aromatic carbocycles. The molecule has 0 unspecified atom stereocenters. The fraction of sp³-hybridized carbons (Fsp3) is 0.0714. The summed E-state index contributed by atoms with van der Waals surface area (Å²) < 4.78 is 0. The van der Waals surface area contributed by atoms with E-state index in [-0.39, 0.29) is 24.3 Å². The molecule has 4 aromatic rings. The molecular formula is C28H24N4O3. The van der Waals surface area contributed by atoms with Crippen LogP contribution in [0.25, 0.3) is 0 Å². The average Bonchev–Trinajstić information content (AvgIpc) is 2.89. The maximum Gasteiger partial charge on any atom is 0.255 e. The summed E-state index contributed by atoms with van der Waals surface area (Å²) in [6, 6.07) is 24.6. The molecule has 0 atom stereocenters. The predicted molar refractivity (Wildman–Crippen MR) is 135 cm³/mol. The zero-order valence-corrected chi connectivity index (χ0v) is 19.1. The monoisotopic (exact) mass is 464 g/mol. The van der Waals surface area contributed by atoms with Gasteiger partial charge in [0.1, 0.15) is 0 Å². The Bertz CT molecular complexity index is 1360. The van der Waals surface area contributed by atoms with E-state index in [4.69, 9.17) is 0 Å². The lowest BCUT2D eigenvalue weighted by Gasteiger charge is -2.12. The smallest absolute Gasteiger partial charge is 0.255 e. The van der Waals surface area contributed by atoms with Crippen LogP contribution in [0.1, 0.15) is 42.2 Å². The fourth-order valence-corrected chi connectivity index (χ4v) is 3.43. The number of hydrogen-bond acceptors (Lipinski definition) is 4. The number of nitrogens with zero attached hydrogens (tertiary/aromatic N) is 1. The molecule has 0 aliphatic rings. The molecule has 1 aromatic heterocycles. The van der Waals surface area contributed by atoms with Crippen LogP contribution >= 0.6 is 0 Å². The fourth-order valence-electron chi connectivity index (χ4n) is 3.43. The lowest BCUT2D eigenvalue weighted by Crippen LogP contribution is -2.23. The molecule has 7 heteroatoms. The van der Waals surface area contributed by atoms with E-state index in [0.29, 0.717) is 28.1 Å². The molecule has 7 nitrogen and oxygen atoms in total. The third kappa shape index (κ3) is 6.17. The first-order valence-electron chi connectivity index (χ1n) is 11.0. The first kappa shape index (κ1) is 23.4. The number of aromatic nitrogens is 1. The van der Waals surface area contributed by atoms with Crippen molar-refractivity contribution in [2.45, 2.75) is 13.5 Å². The van der Waals surface area contributed by atoms with Crippen molar-refractivity contribution in [2.24, 2.45) is 0 Å². The van der Waals surface area contributed by atoms with E-state index in [0.717, 1.165) is 11.1 Å². The van der Waals surface area contributed by atoms with Crippen LogP contribution in [0, 0.1) is 6.92 Å². The van der Waals surface area contributed by atoms with Crippen molar-refractivity contribution >= 4 is 29.1 Å². The van der Waals surface area contributed by atoms with Gasteiger partial charge in [0.25, 0.3) is 17.7 Å². The first-order chi connectivity index (χ1) is 17.0. The Morgan fingerprint density at radius 1 is 0.686 bits per heavy atom. The van der Waals surface area contributed by atoms with Crippen LogP contribution in [0.15, 0.2) is 97.3 Å². The van der Waals surface area contributed by atoms with Crippen LogP contribution in [0.5, 0.6) is 0 Å². The molecular weight excluding hydrogens is 440 g/mol. The number of anilines is 2. The quantitative estimate of drug-likeness (QED) is 0.365. The van der Waals surface area contributed by atoms with Gasteiger partial charge in [0, 0.05) is 47.0 Å². The highest BCUT2D eigenvalue weighted by molar-refractivity contribution is 6.06. The molecule has 0 aliphatic heterocycles. The number of hydrogen-bond donors (Lipinski definition) is 3. The molecule has 4 rings (SSSR count). The summed E-state index contributed by atoms with van der Waals surface area (Å²) in [5, 5.41) is 8.60. The van der Waals surface area contributed by atoms with Gasteiger partial charge in [-0.2, -0.15) is 0 Å². The number of carbonyl (C=O) groups is 3. The van der Waals surface area contributed by atoms with E-state index in [1.54, 1.807) is 79.1 Å². The molecule has 3 amide bonds. The van der Waals surface area contributed by atoms with Gasteiger partial charge in [-0.3, -0.25) is 19.4 Å². The summed E-state index contributed by atoms with van der Waals surface area (Å²) in [6.07, 6.45) is 3.12. The Morgan fingerprint density at radius 2 is 1.40 bits per heavy atom. The Balaban J connectivity index is 1.39. The van der Waals surface area contributed by atoms with Crippen molar-refractivity contribution in [3.8, 4) is 0 Å². The number of rotatable bonds is 7. The maximum atomic E-state index is 12.8. The Morgan fingerprint density at radius 3 is 2.17 bits per heavy atom. The van der Waals surface area contributed by atoms with Crippen LogP contribution in [-0.2, 0) is 6.54 Å². The van der Waals surface area contributed by atoms with E-state index in [2.05, 4.69) is 20.9 Å². The molecule has 0 aliphatic carbocycles. The number of carbonyl (C=O) groups excluding carboxylic acids is 3. The van der Waals surface area contributed by atoms with Crippen molar-refractivity contribution in [1.29, 1.82) is 0 Å². The SMILES string of the molecule is Cc1ccc(C(=O)NCc2cccc(NC(=O)c3ccncc3)c2)cc1NC(=O)c1ccccc1. The summed E-state index contributed by atoms with van der Waals surface area (Å²) in [5.41, 5.74) is 4.36. The summed E-state index contributed by atoms with van der Waals surface area (Å²) >= 11 is 0. The van der Waals surface area contributed by atoms with Crippen LogP contribution in [-0.4, -0.2) is 22.7 Å². The van der Waals surface area contributed by atoms with Crippen molar-refractivity contribution in [1.82, 2.24) is 10.3 Å². The molecule has 1 heterocycles. The van der Waals surface area contributed by atoms with E-state index < -0.39 is 0 Å². The van der Waals surface area contributed by atoms with Gasteiger partial charge < -0.3 is 16.0 Å². The standard InChI is InChI=1S/C28H24N4O3/c1-19-10-11-23(17-25(19)32-28(35)21-7-3-2-4-8-21)26(33)30-18-20-6-5-9-24(16-20)31-27(34)22-12-14-29-15-13-22/h2-17H,18H2,1H3,(H,30,33)(H,31,34)(H,32,35). The highest BCUT2D eigenvalue weighted by Gasteiger charge is 2.12. The highest BCUT2D eigenvalue weighted by atomic mass is 16.2. The number of amides is 3. The second-order valence-corrected chi connectivity index (χ2v) is 7.92. The van der Waals surface area contributed by atoms with Crippen molar-refractivity contribution in [3.63, 3.8) is 0 Å².